The molecule has 20 heavy (non-hydrogen) atoms. The van der Waals surface area contributed by atoms with Crippen LogP contribution in [-0.4, -0.2) is 25.2 Å². The minimum atomic E-state index is 0.546. The molecule has 1 aliphatic heterocycles. The van der Waals surface area contributed by atoms with Crippen LogP contribution in [0.25, 0.3) is 0 Å². The third kappa shape index (κ3) is 3.69. The summed E-state index contributed by atoms with van der Waals surface area (Å²) in [6.45, 7) is 2.10. The fraction of sp³-hybridized carbons (Fsp3) is 0.333. The van der Waals surface area contributed by atoms with Gasteiger partial charge in [-0.05, 0) is 24.0 Å². The van der Waals surface area contributed by atoms with Crippen molar-refractivity contribution in [3.05, 3.63) is 71.8 Å². The van der Waals surface area contributed by atoms with Gasteiger partial charge in [-0.2, -0.15) is 0 Å². The van der Waals surface area contributed by atoms with E-state index in [1.165, 1.54) is 11.1 Å². The number of benzene rings is 2. The average Bonchev–Trinajstić information content (AvgIpc) is 2.51. The van der Waals surface area contributed by atoms with Crippen LogP contribution in [0.5, 0.6) is 0 Å². The van der Waals surface area contributed by atoms with Gasteiger partial charge >= 0.3 is 0 Å². The highest BCUT2D eigenvalue weighted by Crippen LogP contribution is 2.08. The molecule has 2 heteroatoms. The van der Waals surface area contributed by atoms with Crippen LogP contribution in [0.15, 0.2) is 60.7 Å². The largest absolute Gasteiger partial charge is 0.311 e. The molecule has 1 aliphatic rings. The van der Waals surface area contributed by atoms with Crippen LogP contribution >= 0.6 is 0 Å². The van der Waals surface area contributed by atoms with E-state index in [4.69, 9.17) is 0 Å². The maximum absolute atomic E-state index is 3.68. The van der Waals surface area contributed by atoms with Gasteiger partial charge < -0.3 is 10.6 Å². The Labute approximate surface area is 121 Å². The molecule has 1 saturated heterocycles. The van der Waals surface area contributed by atoms with Gasteiger partial charge in [0.1, 0.15) is 0 Å². The molecular weight excluding hydrogens is 244 g/mol. The molecule has 1 fully saturated rings. The predicted molar refractivity (Wildman–Crippen MR) is 83.9 cm³/mol. The standard InChI is InChI=1S/C18H22N2/c1-3-7-15(8-4-1)11-17-13-20-18(14-19-17)12-16-9-5-2-6-10-16/h1-10,17-20H,11-14H2/t17-,18+. The predicted octanol–water partition coefficient (Wildman–Crippen LogP) is 2.40. The number of nitrogens with one attached hydrogen (secondary N) is 2. The summed E-state index contributed by atoms with van der Waals surface area (Å²) >= 11 is 0. The van der Waals surface area contributed by atoms with E-state index in [1.807, 2.05) is 0 Å². The summed E-state index contributed by atoms with van der Waals surface area (Å²) in [6.07, 6.45) is 2.21. The molecule has 0 aromatic heterocycles. The van der Waals surface area contributed by atoms with Gasteiger partial charge in [-0.1, -0.05) is 60.7 Å². The van der Waals surface area contributed by atoms with E-state index in [1.54, 1.807) is 0 Å². The zero-order chi connectivity index (χ0) is 13.6. The molecule has 0 amide bonds. The van der Waals surface area contributed by atoms with Gasteiger partial charge in [0, 0.05) is 25.2 Å². The molecule has 3 rings (SSSR count). The summed E-state index contributed by atoms with van der Waals surface area (Å²) in [5.74, 6) is 0. The van der Waals surface area contributed by atoms with Crippen LogP contribution < -0.4 is 10.6 Å². The molecule has 2 N–H and O–H groups in total. The minimum absolute atomic E-state index is 0.546. The van der Waals surface area contributed by atoms with E-state index in [0.717, 1.165) is 25.9 Å². The maximum atomic E-state index is 3.68. The lowest BCUT2D eigenvalue weighted by Crippen LogP contribution is -2.55. The lowest BCUT2D eigenvalue weighted by molar-refractivity contribution is 0.342. The van der Waals surface area contributed by atoms with Crippen molar-refractivity contribution < 1.29 is 0 Å². The smallest absolute Gasteiger partial charge is 0.0233 e. The molecule has 0 radical (unpaired) electrons. The Balaban J connectivity index is 1.47. The molecule has 1 heterocycles. The average molecular weight is 266 g/mol. The van der Waals surface area contributed by atoms with Crippen molar-refractivity contribution >= 4 is 0 Å². The zero-order valence-electron chi connectivity index (χ0n) is 11.8. The lowest BCUT2D eigenvalue weighted by atomic mass is 10.00. The van der Waals surface area contributed by atoms with E-state index in [-0.39, 0.29) is 0 Å². The fourth-order valence-electron chi connectivity index (χ4n) is 2.85. The first-order chi connectivity index (χ1) is 9.90. The molecule has 0 saturated carbocycles. The minimum Gasteiger partial charge on any atom is -0.311 e. The molecule has 2 aromatic carbocycles. The molecule has 2 atom stereocenters. The second kappa shape index (κ2) is 6.69. The van der Waals surface area contributed by atoms with Gasteiger partial charge in [-0.25, -0.2) is 0 Å². The second-order valence-electron chi connectivity index (χ2n) is 5.59. The molecule has 2 nitrogen and oxygen atoms in total. The van der Waals surface area contributed by atoms with Crippen LogP contribution in [0, 0.1) is 0 Å². The van der Waals surface area contributed by atoms with Crippen molar-refractivity contribution in [3.63, 3.8) is 0 Å². The molecule has 0 unspecified atom stereocenters. The SMILES string of the molecule is c1ccc(C[C@H]2CN[C@H](Cc3ccccc3)CN2)cc1. The third-order valence-corrected chi connectivity index (χ3v) is 3.96. The topological polar surface area (TPSA) is 24.1 Å². The molecule has 0 aliphatic carbocycles. The summed E-state index contributed by atoms with van der Waals surface area (Å²) in [7, 11) is 0. The van der Waals surface area contributed by atoms with Gasteiger partial charge in [-0.3, -0.25) is 0 Å². The Morgan fingerprint density at radius 2 is 1.05 bits per heavy atom. The second-order valence-corrected chi connectivity index (χ2v) is 5.59. The molecule has 0 bridgehead atoms. The number of hydrogen-bond acceptors (Lipinski definition) is 2. The van der Waals surface area contributed by atoms with Crippen LogP contribution in [0.2, 0.25) is 0 Å². The summed E-state index contributed by atoms with van der Waals surface area (Å²) in [5.41, 5.74) is 2.82. The van der Waals surface area contributed by atoms with E-state index < -0.39 is 0 Å². The number of rotatable bonds is 4. The van der Waals surface area contributed by atoms with E-state index in [0.29, 0.717) is 12.1 Å². The number of piperazine rings is 1. The fourth-order valence-corrected chi connectivity index (χ4v) is 2.85. The van der Waals surface area contributed by atoms with Crippen LogP contribution in [0.3, 0.4) is 0 Å². The summed E-state index contributed by atoms with van der Waals surface area (Å²) in [6, 6.07) is 22.5. The quantitative estimate of drug-likeness (QED) is 0.888. The molecular formula is C18H22N2. The Hall–Kier alpha value is -1.64. The highest BCUT2D eigenvalue weighted by atomic mass is 15.1. The first-order valence-corrected chi connectivity index (χ1v) is 7.45. The van der Waals surface area contributed by atoms with Crippen LogP contribution in [0.1, 0.15) is 11.1 Å². The van der Waals surface area contributed by atoms with Gasteiger partial charge in [-0.15, -0.1) is 0 Å². The Kier molecular flexibility index (Phi) is 4.46. The highest BCUT2D eigenvalue weighted by Gasteiger charge is 2.19. The maximum Gasteiger partial charge on any atom is 0.0233 e. The molecule has 0 spiro atoms. The van der Waals surface area contributed by atoms with Crippen LogP contribution in [0.4, 0.5) is 0 Å². The first kappa shape index (κ1) is 13.3. The Morgan fingerprint density at radius 3 is 1.40 bits per heavy atom. The van der Waals surface area contributed by atoms with Gasteiger partial charge in [0.2, 0.25) is 0 Å². The van der Waals surface area contributed by atoms with Gasteiger partial charge in [0.15, 0.2) is 0 Å². The zero-order valence-corrected chi connectivity index (χ0v) is 11.8. The highest BCUT2D eigenvalue weighted by molar-refractivity contribution is 5.18. The Morgan fingerprint density at radius 1 is 0.650 bits per heavy atom. The van der Waals surface area contributed by atoms with E-state index in [2.05, 4.69) is 71.3 Å². The number of hydrogen-bond donors (Lipinski definition) is 2. The summed E-state index contributed by atoms with van der Waals surface area (Å²) in [4.78, 5) is 0. The lowest BCUT2D eigenvalue weighted by Gasteiger charge is -2.31. The van der Waals surface area contributed by atoms with Crippen LogP contribution in [-0.2, 0) is 12.8 Å². The monoisotopic (exact) mass is 266 g/mol. The van der Waals surface area contributed by atoms with Gasteiger partial charge in [0.25, 0.3) is 0 Å². The Bertz CT molecular complexity index is 452. The summed E-state index contributed by atoms with van der Waals surface area (Å²) < 4.78 is 0. The van der Waals surface area contributed by atoms with Crippen molar-refractivity contribution in [1.29, 1.82) is 0 Å². The van der Waals surface area contributed by atoms with Crippen molar-refractivity contribution in [3.8, 4) is 0 Å². The van der Waals surface area contributed by atoms with Crippen molar-refractivity contribution in [1.82, 2.24) is 10.6 Å². The first-order valence-electron chi connectivity index (χ1n) is 7.45. The van der Waals surface area contributed by atoms with E-state index >= 15 is 0 Å². The van der Waals surface area contributed by atoms with E-state index in [9.17, 15) is 0 Å². The normalized spacial score (nSPS) is 22.6. The summed E-state index contributed by atoms with van der Waals surface area (Å²) in [5, 5.41) is 7.35. The van der Waals surface area contributed by atoms with Gasteiger partial charge in [0.05, 0.1) is 0 Å². The van der Waals surface area contributed by atoms with Crippen molar-refractivity contribution in [2.24, 2.45) is 0 Å². The van der Waals surface area contributed by atoms with Crippen molar-refractivity contribution in [2.45, 2.75) is 24.9 Å². The molecule has 2 aromatic rings. The van der Waals surface area contributed by atoms with Crippen molar-refractivity contribution in [2.75, 3.05) is 13.1 Å². The third-order valence-electron chi connectivity index (χ3n) is 3.96. The molecule has 104 valence electrons.